The van der Waals surface area contributed by atoms with Crippen molar-refractivity contribution in [3.05, 3.63) is 95.6 Å². The molecule has 0 heterocycles. The lowest BCUT2D eigenvalue weighted by molar-refractivity contribution is -0.00113. The van der Waals surface area contributed by atoms with E-state index >= 15 is 0 Å². The molecule has 2 nitrogen and oxygen atoms in total. The van der Waals surface area contributed by atoms with Gasteiger partial charge in [0.1, 0.15) is 6.29 Å². The van der Waals surface area contributed by atoms with Gasteiger partial charge in [0.2, 0.25) is 0 Å². The molecule has 1 N–H and O–H groups in total. The van der Waals surface area contributed by atoms with Crippen molar-refractivity contribution in [1.82, 2.24) is 0 Å². The summed E-state index contributed by atoms with van der Waals surface area (Å²) < 4.78 is 0. The Bertz CT molecular complexity index is 1170. The van der Waals surface area contributed by atoms with E-state index in [1.54, 1.807) is 6.07 Å². The van der Waals surface area contributed by atoms with Gasteiger partial charge in [-0.2, -0.15) is 0 Å². The van der Waals surface area contributed by atoms with Gasteiger partial charge in [0, 0.05) is 5.56 Å². The van der Waals surface area contributed by atoms with E-state index in [1.807, 2.05) is 18.2 Å². The number of aldehydes is 1. The lowest BCUT2D eigenvalue weighted by Gasteiger charge is -2.33. The maximum atomic E-state index is 10.9. The van der Waals surface area contributed by atoms with Crippen molar-refractivity contribution < 1.29 is 9.90 Å². The maximum Gasteiger partial charge on any atom is 0.150 e. The molecule has 0 atom stereocenters. The molecule has 1 fully saturated rings. The first-order chi connectivity index (χ1) is 14.6. The molecule has 1 aliphatic rings. The molecule has 2 heteroatoms. The van der Waals surface area contributed by atoms with Crippen molar-refractivity contribution in [3.8, 4) is 0 Å². The van der Waals surface area contributed by atoms with E-state index in [0.29, 0.717) is 5.56 Å². The summed E-state index contributed by atoms with van der Waals surface area (Å²) in [6.45, 7) is 2.16. The number of hydrogen-bond donors (Lipinski definition) is 1. The first kappa shape index (κ1) is 20.3. The fourth-order valence-corrected chi connectivity index (χ4v) is 4.55. The second-order valence-corrected chi connectivity index (χ2v) is 8.29. The van der Waals surface area contributed by atoms with E-state index in [1.165, 1.54) is 33.5 Å². The van der Waals surface area contributed by atoms with Gasteiger partial charge >= 0.3 is 0 Å². The number of fused-ring (bicyclic) bond motifs is 2. The van der Waals surface area contributed by atoms with Gasteiger partial charge < -0.3 is 5.11 Å². The van der Waals surface area contributed by atoms with Crippen LogP contribution in [0.2, 0.25) is 0 Å². The second-order valence-electron chi connectivity index (χ2n) is 8.29. The number of hydrogen-bond acceptors (Lipinski definition) is 2. The van der Waals surface area contributed by atoms with Crippen LogP contribution >= 0.6 is 0 Å². The molecular weight excluding hydrogens is 368 g/mol. The van der Waals surface area contributed by atoms with Gasteiger partial charge in [0.15, 0.2) is 0 Å². The molecule has 0 aromatic heterocycles. The first-order valence-electron chi connectivity index (χ1n) is 10.8. The highest BCUT2D eigenvalue weighted by atomic mass is 16.3. The van der Waals surface area contributed by atoms with Crippen LogP contribution < -0.4 is 0 Å². The third kappa shape index (κ3) is 4.15. The minimum atomic E-state index is -0.768. The highest BCUT2D eigenvalue weighted by Gasteiger charge is 2.32. The predicted octanol–water partition coefficient (Wildman–Crippen LogP) is 6.95. The van der Waals surface area contributed by atoms with Crippen molar-refractivity contribution in [2.24, 2.45) is 0 Å². The summed E-state index contributed by atoms with van der Waals surface area (Å²) in [7, 11) is 0. The van der Waals surface area contributed by atoms with E-state index in [0.717, 1.165) is 37.5 Å². The summed E-state index contributed by atoms with van der Waals surface area (Å²) in [5.74, 6) is 0. The quantitative estimate of drug-likeness (QED) is 0.294. The average molecular weight is 397 g/mol. The predicted molar refractivity (Wildman–Crippen MR) is 125 cm³/mol. The van der Waals surface area contributed by atoms with Gasteiger partial charge in [-0.1, -0.05) is 86.0 Å². The van der Waals surface area contributed by atoms with Crippen LogP contribution in [0.4, 0.5) is 0 Å². The molecule has 0 bridgehead atoms. The van der Waals surface area contributed by atoms with Gasteiger partial charge in [0.05, 0.1) is 5.60 Å². The van der Waals surface area contributed by atoms with Crippen LogP contribution in [0.3, 0.4) is 0 Å². The smallest absolute Gasteiger partial charge is 0.150 e. The summed E-state index contributed by atoms with van der Waals surface area (Å²) in [5.41, 5.74) is 2.01. The maximum absolute atomic E-state index is 10.9. The molecule has 0 saturated heterocycles. The zero-order valence-electron chi connectivity index (χ0n) is 17.5. The summed E-state index contributed by atoms with van der Waals surface area (Å²) in [6.07, 6.45) is 5.66. The summed E-state index contributed by atoms with van der Waals surface area (Å²) in [6, 6.07) is 26.9. The number of carbonyl (C=O) groups is 1. The van der Waals surface area contributed by atoms with Crippen molar-refractivity contribution in [3.63, 3.8) is 0 Å². The topological polar surface area (TPSA) is 37.3 Å². The third-order valence-electron chi connectivity index (χ3n) is 6.23. The van der Waals surface area contributed by atoms with Crippen molar-refractivity contribution in [2.75, 3.05) is 0 Å². The molecule has 0 radical (unpaired) electrons. The summed E-state index contributed by atoms with van der Waals surface area (Å²) in [4.78, 5) is 10.9. The molecule has 5 rings (SSSR count). The molecule has 0 aliphatic heterocycles. The molecule has 0 amide bonds. The van der Waals surface area contributed by atoms with Gasteiger partial charge in [-0.25, -0.2) is 0 Å². The zero-order chi connectivity index (χ0) is 21.0. The monoisotopic (exact) mass is 396 g/mol. The minimum absolute atomic E-state index is 0.627. The lowest BCUT2D eigenvalue weighted by Crippen LogP contribution is -2.29. The number of rotatable bonds is 2. The van der Waals surface area contributed by atoms with Crippen LogP contribution in [-0.4, -0.2) is 11.4 Å². The molecule has 0 spiro atoms. The van der Waals surface area contributed by atoms with Gasteiger partial charge in [-0.15, -0.1) is 0 Å². The number of aliphatic hydroxyl groups is 1. The zero-order valence-corrected chi connectivity index (χ0v) is 17.5. The molecule has 1 saturated carbocycles. The van der Waals surface area contributed by atoms with Crippen LogP contribution in [0.1, 0.15) is 53.6 Å². The van der Waals surface area contributed by atoms with Crippen LogP contribution in [0.15, 0.2) is 78.9 Å². The molecule has 0 unspecified atom stereocenters. The Kier molecular flexibility index (Phi) is 5.96. The van der Waals surface area contributed by atoms with Crippen molar-refractivity contribution in [1.29, 1.82) is 0 Å². The average Bonchev–Trinajstić information content (AvgIpc) is 2.79. The highest BCUT2D eigenvalue weighted by molar-refractivity contribution is 5.99. The van der Waals surface area contributed by atoms with E-state index < -0.39 is 5.60 Å². The van der Waals surface area contributed by atoms with Crippen LogP contribution in [0, 0.1) is 6.92 Å². The Morgan fingerprint density at radius 1 is 0.767 bits per heavy atom. The minimum Gasteiger partial charge on any atom is -0.385 e. The SMILES string of the molecule is Cc1cccc2cc3ccccc3cc12.O=Cc1ccccc1C1(O)CCCCC1. The van der Waals surface area contributed by atoms with Gasteiger partial charge in [-0.05, 0) is 64.6 Å². The normalized spacial score (nSPS) is 15.4. The van der Waals surface area contributed by atoms with Gasteiger partial charge in [-0.3, -0.25) is 4.79 Å². The highest BCUT2D eigenvalue weighted by Crippen LogP contribution is 2.38. The Morgan fingerprint density at radius 3 is 2.13 bits per heavy atom. The fraction of sp³-hybridized carbons (Fsp3) is 0.250. The van der Waals surface area contributed by atoms with Crippen LogP contribution in [0.25, 0.3) is 21.5 Å². The van der Waals surface area contributed by atoms with E-state index in [9.17, 15) is 9.90 Å². The fourth-order valence-electron chi connectivity index (χ4n) is 4.55. The molecular formula is C28H28O2. The van der Waals surface area contributed by atoms with Gasteiger partial charge in [0.25, 0.3) is 0 Å². The third-order valence-corrected chi connectivity index (χ3v) is 6.23. The molecule has 4 aromatic carbocycles. The van der Waals surface area contributed by atoms with E-state index in [4.69, 9.17) is 0 Å². The summed E-state index contributed by atoms with van der Waals surface area (Å²) in [5, 5.41) is 15.8. The number of carbonyl (C=O) groups excluding carboxylic acids is 1. The number of benzene rings is 4. The Balaban J connectivity index is 0.000000145. The molecule has 152 valence electrons. The Hall–Kier alpha value is -2.97. The van der Waals surface area contributed by atoms with Crippen LogP contribution in [0.5, 0.6) is 0 Å². The standard InChI is InChI=1S/C15H12.C13H16O2/c1-11-5-4-8-14-9-12-6-2-3-7-13(12)10-15(11)14;14-10-11-6-2-3-7-12(11)13(15)8-4-1-5-9-13/h2-10H,1H3;2-3,6-7,10,15H,1,4-5,8-9H2. The largest absolute Gasteiger partial charge is 0.385 e. The molecule has 4 aromatic rings. The van der Waals surface area contributed by atoms with E-state index in [2.05, 4.69) is 61.5 Å². The Morgan fingerprint density at radius 2 is 1.40 bits per heavy atom. The first-order valence-corrected chi connectivity index (χ1v) is 10.8. The second kappa shape index (κ2) is 8.81. The van der Waals surface area contributed by atoms with Crippen molar-refractivity contribution in [2.45, 2.75) is 44.6 Å². The number of aryl methyl sites for hydroxylation is 1. The molecule has 30 heavy (non-hydrogen) atoms. The Labute approximate surface area is 178 Å². The lowest BCUT2D eigenvalue weighted by atomic mass is 9.78. The van der Waals surface area contributed by atoms with Crippen molar-refractivity contribution >= 4 is 27.8 Å². The van der Waals surface area contributed by atoms with E-state index in [-0.39, 0.29) is 0 Å². The van der Waals surface area contributed by atoms with Crippen LogP contribution in [-0.2, 0) is 5.60 Å². The molecule has 1 aliphatic carbocycles. The summed E-state index contributed by atoms with van der Waals surface area (Å²) >= 11 is 0.